The van der Waals surface area contributed by atoms with Crippen molar-refractivity contribution in [2.24, 2.45) is 0 Å². The summed E-state index contributed by atoms with van der Waals surface area (Å²) in [6.07, 6.45) is 3.61. The van der Waals surface area contributed by atoms with Crippen LogP contribution in [0.5, 0.6) is 0 Å². The molecule has 0 unspecified atom stereocenters. The smallest absolute Gasteiger partial charge is 0.251 e. The van der Waals surface area contributed by atoms with Crippen molar-refractivity contribution in [1.29, 1.82) is 0 Å². The van der Waals surface area contributed by atoms with E-state index in [0.717, 1.165) is 22.5 Å². The first-order chi connectivity index (χ1) is 7.18. The number of carbonyl (C=O) groups is 1. The molecule has 0 radical (unpaired) electrons. The molecule has 0 atom stereocenters. The van der Waals surface area contributed by atoms with Gasteiger partial charge in [-0.2, -0.15) is 0 Å². The van der Waals surface area contributed by atoms with Gasteiger partial charge in [-0.25, -0.2) is 0 Å². The Morgan fingerprint density at radius 3 is 2.60 bits per heavy atom. The third-order valence-corrected chi connectivity index (χ3v) is 2.54. The molecule has 1 aliphatic rings. The Morgan fingerprint density at radius 1 is 1.27 bits per heavy atom. The van der Waals surface area contributed by atoms with Gasteiger partial charge in [-0.1, -0.05) is 6.07 Å². The highest BCUT2D eigenvalue weighted by molar-refractivity contribution is 6.00. The zero-order valence-electron chi connectivity index (χ0n) is 8.74. The van der Waals surface area contributed by atoms with Crippen LogP contribution in [0.3, 0.4) is 0 Å². The van der Waals surface area contributed by atoms with Gasteiger partial charge in [-0.05, 0) is 37.6 Å². The molecule has 0 saturated heterocycles. The lowest BCUT2D eigenvalue weighted by Crippen LogP contribution is -2.15. The summed E-state index contributed by atoms with van der Waals surface area (Å²) in [7, 11) is 0. The van der Waals surface area contributed by atoms with E-state index in [1.54, 1.807) is 6.20 Å². The summed E-state index contributed by atoms with van der Waals surface area (Å²) in [6.45, 7) is 3.76. The zero-order chi connectivity index (χ0) is 10.8. The quantitative estimate of drug-likeness (QED) is 0.752. The highest BCUT2D eigenvalue weighted by Crippen LogP contribution is 2.20. The summed E-state index contributed by atoms with van der Waals surface area (Å²) >= 11 is 0. The standard InChI is InChI=1S/C12H12N2O/c1-8-9(2)12(15)14-11(8)7-10-5-3-4-6-13-10/h3-7H,1-2H3,(H,14,15)/b11-7-. The van der Waals surface area contributed by atoms with E-state index >= 15 is 0 Å². The lowest BCUT2D eigenvalue weighted by atomic mass is 10.1. The highest BCUT2D eigenvalue weighted by atomic mass is 16.1. The molecule has 0 aromatic carbocycles. The lowest BCUT2D eigenvalue weighted by Gasteiger charge is -1.99. The molecule has 1 aliphatic heterocycles. The van der Waals surface area contributed by atoms with E-state index in [1.807, 2.05) is 38.1 Å². The molecular formula is C12H12N2O. The van der Waals surface area contributed by atoms with Gasteiger partial charge >= 0.3 is 0 Å². The van der Waals surface area contributed by atoms with Crippen LogP contribution in [0.4, 0.5) is 0 Å². The number of nitrogens with one attached hydrogen (secondary N) is 1. The molecule has 3 heteroatoms. The number of pyridine rings is 1. The SMILES string of the molecule is CC1=C(C)/C(=C/c2ccccn2)NC1=O. The van der Waals surface area contributed by atoms with Gasteiger partial charge in [0.1, 0.15) is 0 Å². The molecule has 1 aromatic rings. The normalized spacial score (nSPS) is 18.5. The first-order valence-corrected chi connectivity index (χ1v) is 4.80. The van der Waals surface area contributed by atoms with Crippen molar-refractivity contribution in [3.63, 3.8) is 0 Å². The molecule has 3 nitrogen and oxygen atoms in total. The molecule has 1 aromatic heterocycles. The van der Waals surface area contributed by atoms with Crippen molar-refractivity contribution in [1.82, 2.24) is 10.3 Å². The van der Waals surface area contributed by atoms with Gasteiger partial charge in [0.2, 0.25) is 0 Å². The van der Waals surface area contributed by atoms with Gasteiger partial charge in [-0.15, -0.1) is 0 Å². The molecule has 2 heterocycles. The third-order valence-electron chi connectivity index (χ3n) is 2.54. The molecule has 2 rings (SSSR count). The predicted molar refractivity (Wildman–Crippen MR) is 58.7 cm³/mol. The molecule has 0 bridgehead atoms. The summed E-state index contributed by atoms with van der Waals surface area (Å²) in [5, 5.41) is 2.81. The Bertz CT molecular complexity index is 458. The summed E-state index contributed by atoms with van der Waals surface area (Å²) < 4.78 is 0. The molecule has 15 heavy (non-hydrogen) atoms. The second-order valence-corrected chi connectivity index (χ2v) is 3.52. The molecule has 1 N–H and O–H groups in total. The van der Waals surface area contributed by atoms with Crippen LogP contribution in [0.15, 0.2) is 41.2 Å². The van der Waals surface area contributed by atoms with Gasteiger partial charge in [-0.3, -0.25) is 9.78 Å². The van der Waals surface area contributed by atoms with E-state index < -0.39 is 0 Å². The lowest BCUT2D eigenvalue weighted by molar-refractivity contribution is -0.116. The fourth-order valence-corrected chi connectivity index (χ4v) is 1.44. The summed E-state index contributed by atoms with van der Waals surface area (Å²) in [6, 6.07) is 5.69. The molecular weight excluding hydrogens is 188 g/mol. The van der Waals surface area contributed by atoms with Crippen molar-refractivity contribution in [3.8, 4) is 0 Å². The maximum Gasteiger partial charge on any atom is 0.251 e. The first-order valence-electron chi connectivity index (χ1n) is 4.80. The second kappa shape index (κ2) is 3.69. The maximum absolute atomic E-state index is 11.4. The van der Waals surface area contributed by atoms with E-state index in [-0.39, 0.29) is 5.91 Å². The Balaban J connectivity index is 2.35. The number of hydrogen-bond acceptors (Lipinski definition) is 2. The van der Waals surface area contributed by atoms with Crippen molar-refractivity contribution >= 4 is 12.0 Å². The number of aromatic nitrogens is 1. The van der Waals surface area contributed by atoms with Crippen molar-refractivity contribution in [2.45, 2.75) is 13.8 Å². The van der Waals surface area contributed by atoms with Crippen LogP contribution in [0.1, 0.15) is 19.5 Å². The Kier molecular flexibility index (Phi) is 2.37. The first kappa shape index (κ1) is 9.65. The Labute approximate surface area is 88.5 Å². The van der Waals surface area contributed by atoms with E-state index in [9.17, 15) is 4.79 Å². The topological polar surface area (TPSA) is 42.0 Å². The summed E-state index contributed by atoms with van der Waals surface area (Å²) in [5.74, 6) is -0.0188. The van der Waals surface area contributed by atoms with Gasteiger partial charge in [0.25, 0.3) is 5.91 Å². The van der Waals surface area contributed by atoms with E-state index in [1.165, 1.54) is 0 Å². The molecule has 0 aliphatic carbocycles. The molecule has 0 fully saturated rings. The average molecular weight is 200 g/mol. The maximum atomic E-state index is 11.4. The van der Waals surface area contributed by atoms with Crippen molar-refractivity contribution in [3.05, 3.63) is 46.9 Å². The number of amides is 1. The largest absolute Gasteiger partial charge is 0.322 e. The van der Waals surface area contributed by atoms with Crippen LogP contribution in [0.25, 0.3) is 6.08 Å². The van der Waals surface area contributed by atoms with Gasteiger partial charge in [0.15, 0.2) is 0 Å². The Morgan fingerprint density at radius 2 is 2.07 bits per heavy atom. The Hall–Kier alpha value is -1.90. The van der Waals surface area contributed by atoms with Crippen LogP contribution in [0, 0.1) is 0 Å². The fraction of sp³-hybridized carbons (Fsp3) is 0.167. The molecule has 0 spiro atoms. The minimum atomic E-state index is -0.0188. The van der Waals surface area contributed by atoms with Crippen LogP contribution in [-0.4, -0.2) is 10.9 Å². The third kappa shape index (κ3) is 1.81. The van der Waals surface area contributed by atoms with E-state index in [2.05, 4.69) is 10.3 Å². The summed E-state index contributed by atoms with van der Waals surface area (Å²) in [4.78, 5) is 15.5. The minimum Gasteiger partial charge on any atom is -0.322 e. The van der Waals surface area contributed by atoms with Crippen LogP contribution in [-0.2, 0) is 4.79 Å². The number of allylic oxidation sites excluding steroid dienone is 1. The van der Waals surface area contributed by atoms with Crippen LogP contribution in [0.2, 0.25) is 0 Å². The van der Waals surface area contributed by atoms with E-state index in [0.29, 0.717) is 0 Å². The second-order valence-electron chi connectivity index (χ2n) is 3.52. The number of hydrogen-bond donors (Lipinski definition) is 1. The fourth-order valence-electron chi connectivity index (χ4n) is 1.44. The van der Waals surface area contributed by atoms with Crippen molar-refractivity contribution in [2.75, 3.05) is 0 Å². The average Bonchev–Trinajstić information content (AvgIpc) is 2.48. The minimum absolute atomic E-state index is 0.0188. The molecule has 0 saturated carbocycles. The molecule has 76 valence electrons. The molecule has 1 amide bonds. The van der Waals surface area contributed by atoms with Crippen molar-refractivity contribution < 1.29 is 4.79 Å². The highest BCUT2D eigenvalue weighted by Gasteiger charge is 2.19. The zero-order valence-corrected chi connectivity index (χ0v) is 8.74. The number of nitrogens with zero attached hydrogens (tertiary/aromatic N) is 1. The number of carbonyl (C=O) groups excluding carboxylic acids is 1. The van der Waals surface area contributed by atoms with Crippen LogP contribution >= 0.6 is 0 Å². The monoisotopic (exact) mass is 200 g/mol. The van der Waals surface area contributed by atoms with Gasteiger partial charge in [0.05, 0.1) is 5.69 Å². The van der Waals surface area contributed by atoms with Crippen LogP contribution < -0.4 is 5.32 Å². The van der Waals surface area contributed by atoms with Gasteiger partial charge in [0, 0.05) is 17.5 Å². The summed E-state index contributed by atoms with van der Waals surface area (Å²) in [5.41, 5.74) is 3.46. The van der Waals surface area contributed by atoms with Gasteiger partial charge < -0.3 is 5.32 Å². The van der Waals surface area contributed by atoms with E-state index in [4.69, 9.17) is 0 Å². The number of rotatable bonds is 1. The predicted octanol–water partition coefficient (Wildman–Crippen LogP) is 1.89.